The standard InChI is InChI=1S/C27H27BClN5O3S/c1-3-30-26(35)14-15-31-27(19-4-8-21(29)9-5-19)24-16-23(12-13-25(24)34-17-32-33-18(34)2)38-22-10-6-20(7-11-22)28(36)37/h4-13,16-17,36-37H,3,14-15H2,1-2H3,(H,30,35). The van der Waals surface area contributed by atoms with Crippen LogP contribution in [0.5, 0.6) is 0 Å². The van der Waals surface area contributed by atoms with Gasteiger partial charge in [0, 0.05) is 45.5 Å². The van der Waals surface area contributed by atoms with Crippen molar-refractivity contribution in [3.05, 3.63) is 95.0 Å². The van der Waals surface area contributed by atoms with Gasteiger partial charge in [0.25, 0.3) is 0 Å². The molecular weight excluding hydrogens is 521 g/mol. The molecule has 4 rings (SSSR count). The van der Waals surface area contributed by atoms with Crippen LogP contribution in [0.4, 0.5) is 0 Å². The van der Waals surface area contributed by atoms with E-state index in [-0.39, 0.29) is 12.3 Å². The number of nitrogens with one attached hydrogen (secondary N) is 1. The van der Waals surface area contributed by atoms with E-state index < -0.39 is 7.12 Å². The molecule has 0 aliphatic rings. The van der Waals surface area contributed by atoms with E-state index in [9.17, 15) is 14.8 Å². The van der Waals surface area contributed by atoms with Crippen LogP contribution >= 0.6 is 23.4 Å². The Bertz CT molecular complexity index is 1430. The van der Waals surface area contributed by atoms with Gasteiger partial charge in [0.15, 0.2) is 0 Å². The van der Waals surface area contributed by atoms with Gasteiger partial charge in [0.05, 0.1) is 11.4 Å². The van der Waals surface area contributed by atoms with Crippen molar-refractivity contribution in [2.24, 2.45) is 4.99 Å². The van der Waals surface area contributed by atoms with E-state index in [0.29, 0.717) is 23.6 Å². The second kappa shape index (κ2) is 12.9. The van der Waals surface area contributed by atoms with E-state index in [1.165, 1.54) is 11.8 Å². The number of nitrogens with zero attached hydrogens (tertiary/aromatic N) is 4. The van der Waals surface area contributed by atoms with Crippen LogP contribution < -0.4 is 10.8 Å². The molecule has 0 atom stereocenters. The van der Waals surface area contributed by atoms with Crippen LogP contribution in [0.15, 0.2) is 87.8 Å². The van der Waals surface area contributed by atoms with Gasteiger partial charge < -0.3 is 15.4 Å². The Kier molecular flexibility index (Phi) is 9.36. The summed E-state index contributed by atoms with van der Waals surface area (Å²) in [6.45, 7) is 4.65. The second-order valence-corrected chi connectivity index (χ2v) is 10.00. The topological polar surface area (TPSA) is 113 Å². The highest BCUT2D eigenvalue weighted by Crippen LogP contribution is 2.31. The zero-order valence-corrected chi connectivity index (χ0v) is 22.6. The molecule has 0 radical (unpaired) electrons. The van der Waals surface area contributed by atoms with Crippen molar-refractivity contribution in [3.63, 3.8) is 0 Å². The van der Waals surface area contributed by atoms with Crippen molar-refractivity contribution in [1.29, 1.82) is 0 Å². The summed E-state index contributed by atoms with van der Waals surface area (Å²) in [4.78, 5) is 18.9. The van der Waals surface area contributed by atoms with Crippen LogP contribution in [0.1, 0.15) is 30.3 Å². The lowest BCUT2D eigenvalue weighted by Gasteiger charge is -2.16. The largest absolute Gasteiger partial charge is 0.488 e. The lowest BCUT2D eigenvalue weighted by molar-refractivity contribution is -0.120. The van der Waals surface area contributed by atoms with Crippen LogP contribution in [-0.4, -0.2) is 56.6 Å². The summed E-state index contributed by atoms with van der Waals surface area (Å²) in [5.74, 6) is 0.671. The number of aryl methyl sites for hydroxylation is 1. The van der Waals surface area contributed by atoms with Gasteiger partial charge in [-0.3, -0.25) is 14.4 Å². The first kappa shape index (κ1) is 27.6. The minimum absolute atomic E-state index is 0.0534. The Morgan fingerprint density at radius 1 is 1.08 bits per heavy atom. The van der Waals surface area contributed by atoms with Crippen LogP contribution in [0, 0.1) is 6.92 Å². The predicted octanol–water partition coefficient (Wildman–Crippen LogP) is 3.42. The van der Waals surface area contributed by atoms with Crippen molar-refractivity contribution in [2.75, 3.05) is 13.1 Å². The maximum absolute atomic E-state index is 12.1. The Morgan fingerprint density at radius 2 is 1.79 bits per heavy atom. The van der Waals surface area contributed by atoms with Crippen LogP contribution in [0.3, 0.4) is 0 Å². The minimum Gasteiger partial charge on any atom is -0.423 e. The summed E-state index contributed by atoms with van der Waals surface area (Å²) in [6, 6.07) is 20.6. The molecule has 1 aromatic heterocycles. The molecule has 0 fully saturated rings. The maximum atomic E-state index is 12.1. The average Bonchev–Trinajstić information content (AvgIpc) is 3.33. The minimum atomic E-state index is -1.51. The number of carbonyl (C=O) groups is 1. The summed E-state index contributed by atoms with van der Waals surface area (Å²) in [5, 5.41) is 30.4. The number of halogens is 1. The summed E-state index contributed by atoms with van der Waals surface area (Å²) in [5.41, 5.74) is 3.70. The molecule has 0 saturated heterocycles. The molecule has 1 amide bonds. The number of hydrogen-bond acceptors (Lipinski definition) is 7. The van der Waals surface area contributed by atoms with Gasteiger partial charge >= 0.3 is 7.12 Å². The van der Waals surface area contributed by atoms with Gasteiger partial charge in [-0.1, -0.05) is 47.6 Å². The zero-order valence-electron chi connectivity index (χ0n) is 21.0. The van der Waals surface area contributed by atoms with Gasteiger partial charge in [-0.05, 0) is 61.8 Å². The van der Waals surface area contributed by atoms with E-state index in [4.69, 9.17) is 16.6 Å². The van der Waals surface area contributed by atoms with Crippen LogP contribution in [0.2, 0.25) is 5.02 Å². The fourth-order valence-electron chi connectivity index (χ4n) is 3.85. The molecule has 3 aromatic carbocycles. The Labute approximate surface area is 230 Å². The Balaban J connectivity index is 1.79. The third-order valence-corrected chi connectivity index (χ3v) is 6.96. The molecule has 0 unspecified atom stereocenters. The first-order valence-electron chi connectivity index (χ1n) is 12.1. The second-order valence-electron chi connectivity index (χ2n) is 8.41. The molecule has 38 heavy (non-hydrogen) atoms. The summed E-state index contributed by atoms with van der Waals surface area (Å²) in [6.07, 6.45) is 1.93. The van der Waals surface area contributed by atoms with Crippen LogP contribution in [0.25, 0.3) is 5.69 Å². The highest BCUT2D eigenvalue weighted by atomic mass is 35.5. The maximum Gasteiger partial charge on any atom is 0.488 e. The van der Waals surface area contributed by atoms with Crippen molar-refractivity contribution < 1.29 is 14.8 Å². The monoisotopic (exact) mass is 547 g/mol. The highest BCUT2D eigenvalue weighted by molar-refractivity contribution is 7.99. The summed E-state index contributed by atoms with van der Waals surface area (Å²) >= 11 is 7.71. The number of amides is 1. The number of carbonyl (C=O) groups excluding carboxylic acids is 1. The zero-order chi connectivity index (χ0) is 27.1. The number of aromatic nitrogens is 3. The van der Waals surface area contributed by atoms with E-state index >= 15 is 0 Å². The van der Waals surface area contributed by atoms with Crippen molar-refractivity contribution in [1.82, 2.24) is 20.1 Å². The quantitative estimate of drug-likeness (QED) is 0.207. The third kappa shape index (κ3) is 6.90. The molecule has 8 nitrogen and oxygen atoms in total. The van der Waals surface area contributed by atoms with E-state index in [1.807, 2.05) is 73.0 Å². The molecular formula is C27H27BClN5O3S. The van der Waals surface area contributed by atoms with Gasteiger partial charge in [0.1, 0.15) is 12.2 Å². The summed E-state index contributed by atoms with van der Waals surface area (Å²) < 4.78 is 1.90. The van der Waals surface area contributed by atoms with E-state index in [0.717, 1.165) is 38.1 Å². The molecule has 0 saturated carbocycles. The highest BCUT2D eigenvalue weighted by Gasteiger charge is 2.17. The van der Waals surface area contributed by atoms with Gasteiger partial charge in [-0.25, -0.2) is 0 Å². The molecule has 194 valence electrons. The number of aliphatic imine (C=N–C) groups is 1. The SMILES string of the molecule is CCNC(=O)CCN=C(c1ccc(Cl)cc1)c1cc(Sc2ccc(B(O)O)cc2)ccc1-n1cnnc1C. The van der Waals surface area contributed by atoms with Crippen molar-refractivity contribution >= 4 is 47.6 Å². The smallest absolute Gasteiger partial charge is 0.423 e. The molecule has 4 aromatic rings. The lowest BCUT2D eigenvalue weighted by atomic mass is 9.81. The first-order valence-corrected chi connectivity index (χ1v) is 13.3. The fraction of sp³-hybridized carbons (Fsp3) is 0.185. The normalized spacial score (nSPS) is 11.4. The van der Waals surface area contributed by atoms with Crippen LogP contribution in [-0.2, 0) is 4.79 Å². The van der Waals surface area contributed by atoms with E-state index in [2.05, 4.69) is 15.5 Å². The molecule has 3 N–H and O–H groups in total. The lowest BCUT2D eigenvalue weighted by Crippen LogP contribution is -2.29. The number of benzene rings is 3. The van der Waals surface area contributed by atoms with Crippen molar-refractivity contribution in [3.8, 4) is 5.69 Å². The van der Waals surface area contributed by atoms with Gasteiger partial charge in [-0.2, -0.15) is 0 Å². The third-order valence-electron chi connectivity index (χ3n) is 5.72. The van der Waals surface area contributed by atoms with Gasteiger partial charge in [0.2, 0.25) is 5.91 Å². The molecule has 0 spiro atoms. The van der Waals surface area contributed by atoms with Crippen molar-refractivity contribution in [2.45, 2.75) is 30.1 Å². The molecule has 0 bridgehead atoms. The molecule has 0 aliphatic heterocycles. The average molecular weight is 548 g/mol. The first-order chi connectivity index (χ1) is 18.4. The molecule has 11 heteroatoms. The van der Waals surface area contributed by atoms with E-state index in [1.54, 1.807) is 18.5 Å². The predicted molar refractivity (Wildman–Crippen MR) is 152 cm³/mol. The Hall–Kier alpha value is -3.44. The molecule has 0 aliphatic carbocycles. The Morgan fingerprint density at radius 3 is 2.42 bits per heavy atom. The summed E-state index contributed by atoms with van der Waals surface area (Å²) in [7, 11) is -1.51. The molecule has 1 heterocycles. The number of hydrogen-bond donors (Lipinski definition) is 3. The number of rotatable bonds is 10. The fourth-order valence-corrected chi connectivity index (χ4v) is 4.83. The van der Waals surface area contributed by atoms with Gasteiger partial charge in [-0.15, -0.1) is 10.2 Å².